The lowest BCUT2D eigenvalue weighted by Crippen LogP contribution is -2.10. The van der Waals surface area contributed by atoms with Crippen LogP contribution in [-0.4, -0.2) is 22.2 Å². The Morgan fingerprint density at radius 1 is 1.09 bits per heavy atom. The van der Waals surface area contributed by atoms with Crippen molar-refractivity contribution in [3.63, 3.8) is 0 Å². The lowest BCUT2D eigenvalue weighted by atomic mass is 10.0. The number of hydrogen-bond donors (Lipinski definition) is 3. The quantitative estimate of drug-likeness (QED) is 0.369. The van der Waals surface area contributed by atoms with Gasteiger partial charge in [-0.3, -0.25) is 0 Å². The number of aliphatic hydroxyl groups excluding tert-OH is 1. The molecule has 32 heavy (non-hydrogen) atoms. The number of aliphatic hydroxyl groups is 1. The molecule has 8 heteroatoms. The maximum absolute atomic E-state index is 10.3. The Hall–Kier alpha value is -4.24. The van der Waals surface area contributed by atoms with E-state index in [-0.39, 0.29) is 0 Å². The molecule has 1 unspecified atom stereocenters. The van der Waals surface area contributed by atoms with E-state index >= 15 is 0 Å². The summed E-state index contributed by atoms with van der Waals surface area (Å²) in [6.07, 6.45) is 3.46. The molecule has 3 aromatic rings. The van der Waals surface area contributed by atoms with Gasteiger partial charge in [-0.1, -0.05) is 0 Å². The molecule has 3 N–H and O–H groups in total. The molecule has 0 saturated carbocycles. The van der Waals surface area contributed by atoms with Crippen LogP contribution >= 0.6 is 0 Å². The molecular formula is C24H22N6O2. The summed E-state index contributed by atoms with van der Waals surface area (Å²) in [4.78, 5) is 8.81. The van der Waals surface area contributed by atoms with Gasteiger partial charge >= 0.3 is 0 Å². The number of methoxy groups -OCH3 is 1. The zero-order valence-corrected chi connectivity index (χ0v) is 17.9. The van der Waals surface area contributed by atoms with Crippen molar-refractivity contribution >= 4 is 29.2 Å². The van der Waals surface area contributed by atoms with Crippen molar-refractivity contribution in [1.82, 2.24) is 9.97 Å². The SMILES string of the molecule is COC(O)c1cnc(Nc2ccc(C#N)cc2)nc1Nc1c(C)cc(/C=C/C#N)cc1C. The highest BCUT2D eigenvalue weighted by molar-refractivity contribution is 5.70. The highest BCUT2D eigenvalue weighted by Crippen LogP contribution is 2.30. The highest BCUT2D eigenvalue weighted by atomic mass is 16.6. The van der Waals surface area contributed by atoms with Gasteiger partial charge in [-0.15, -0.1) is 0 Å². The number of ether oxygens (including phenoxy) is 1. The molecule has 0 aliphatic carbocycles. The minimum absolute atomic E-state index is 0.313. The third kappa shape index (κ3) is 5.27. The summed E-state index contributed by atoms with van der Waals surface area (Å²) in [7, 11) is 1.39. The number of aromatic nitrogens is 2. The van der Waals surface area contributed by atoms with Gasteiger partial charge in [-0.25, -0.2) is 4.98 Å². The molecule has 0 aliphatic heterocycles. The first-order valence-corrected chi connectivity index (χ1v) is 9.74. The van der Waals surface area contributed by atoms with Crippen molar-refractivity contribution in [2.45, 2.75) is 20.1 Å². The lowest BCUT2D eigenvalue weighted by Gasteiger charge is -2.18. The minimum atomic E-state index is -1.21. The van der Waals surface area contributed by atoms with Crippen LogP contribution in [-0.2, 0) is 4.74 Å². The summed E-state index contributed by atoms with van der Waals surface area (Å²) in [5, 5.41) is 34.4. The zero-order valence-electron chi connectivity index (χ0n) is 17.9. The minimum Gasteiger partial charge on any atom is -0.364 e. The third-order valence-corrected chi connectivity index (χ3v) is 4.73. The van der Waals surface area contributed by atoms with E-state index in [9.17, 15) is 5.11 Å². The standard InChI is InChI=1S/C24H22N6O2/c1-15-11-18(5-4-10-25)12-16(2)21(15)29-22-20(23(31)32-3)14-27-24(30-22)28-19-8-6-17(13-26)7-9-19/h4-9,11-12,14,23,31H,1-3H3,(H2,27,28,29,30)/b5-4+. The number of benzene rings is 2. The van der Waals surface area contributed by atoms with E-state index in [1.807, 2.05) is 32.0 Å². The number of nitrogens with zero attached hydrogens (tertiary/aromatic N) is 4. The number of anilines is 4. The van der Waals surface area contributed by atoms with Crippen molar-refractivity contribution in [1.29, 1.82) is 10.5 Å². The van der Waals surface area contributed by atoms with Crippen LogP contribution in [0, 0.1) is 36.5 Å². The van der Waals surface area contributed by atoms with Crippen molar-refractivity contribution in [2.75, 3.05) is 17.7 Å². The van der Waals surface area contributed by atoms with Gasteiger partial charge in [-0.2, -0.15) is 15.5 Å². The van der Waals surface area contributed by atoms with Gasteiger partial charge in [0, 0.05) is 30.8 Å². The van der Waals surface area contributed by atoms with Gasteiger partial charge in [0.15, 0.2) is 6.29 Å². The number of hydrogen-bond acceptors (Lipinski definition) is 8. The molecule has 0 bridgehead atoms. The topological polar surface area (TPSA) is 127 Å². The number of aryl methyl sites for hydroxylation is 2. The number of rotatable bonds is 7. The van der Waals surface area contributed by atoms with Crippen LogP contribution in [0.25, 0.3) is 6.08 Å². The molecule has 0 spiro atoms. The van der Waals surface area contributed by atoms with E-state index in [0.717, 1.165) is 28.1 Å². The second kappa shape index (κ2) is 10.2. The van der Waals surface area contributed by atoms with Crippen molar-refractivity contribution in [2.24, 2.45) is 0 Å². The monoisotopic (exact) mass is 426 g/mol. The first kappa shape index (κ1) is 22.4. The van der Waals surface area contributed by atoms with Crippen LogP contribution in [0.15, 0.2) is 48.7 Å². The molecule has 1 atom stereocenters. The second-order valence-corrected chi connectivity index (χ2v) is 7.02. The molecule has 0 radical (unpaired) electrons. The summed E-state index contributed by atoms with van der Waals surface area (Å²) in [5.74, 6) is 0.699. The lowest BCUT2D eigenvalue weighted by molar-refractivity contribution is -0.0767. The van der Waals surface area contributed by atoms with Gasteiger partial charge in [0.2, 0.25) is 5.95 Å². The Morgan fingerprint density at radius 3 is 2.38 bits per heavy atom. The van der Waals surface area contributed by atoms with Gasteiger partial charge in [0.1, 0.15) is 5.82 Å². The molecule has 2 aromatic carbocycles. The van der Waals surface area contributed by atoms with Crippen LogP contribution in [0.5, 0.6) is 0 Å². The largest absolute Gasteiger partial charge is 0.364 e. The van der Waals surface area contributed by atoms with Crippen molar-refractivity contribution in [3.8, 4) is 12.1 Å². The predicted octanol–water partition coefficient (Wildman–Crippen LogP) is 4.63. The van der Waals surface area contributed by atoms with E-state index in [1.54, 1.807) is 30.3 Å². The molecule has 0 saturated heterocycles. The summed E-state index contributed by atoms with van der Waals surface area (Å²) in [6, 6.07) is 14.9. The van der Waals surface area contributed by atoms with E-state index in [1.165, 1.54) is 19.4 Å². The number of nitriles is 2. The second-order valence-electron chi connectivity index (χ2n) is 7.02. The maximum atomic E-state index is 10.3. The summed E-state index contributed by atoms with van der Waals surface area (Å²) < 4.78 is 5.07. The molecule has 0 fully saturated rings. The Morgan fingerprint density at radius 2 is 1.78 bits per heavy atom. The molecule has 1 aromatic heterocycles. The normalized spacial score (nSPS) is 11.6. The molecule has 0 amide bonds. The van der Waals surface area contributed by atoms with Crippen molar-refractivity contribution in [3.05, 3.63) is 76.5 Å². The first-order valence-electron chi connectivity index (χ1n) is 9.74. The molecule has 1 heterocycles. The van der Waals surface area contributed by atoms with Gasteiger partial charge in [-0.05, 0) is 73.0 Å². The van der Waals surface area contributed by atoms with Crippen LogP contribution in [0.2, 0.25) is 0 Å². The van der Waals surface area contributed by atoms with Crippen LogP contribution in [0.4, 0.5) is 23.1 Å². The summed E-state index contributed by atoms with van der Waals surface area (Å²) in [6.45, 7) is 3.89. The number of nitrogens with one attached hydrogen (secondary N) is 2. The smallest absolute Gasteiger partial charge is 0.229 e. The predicted molar refractivity (Wildman–Crippen MR) is 122 cm³/mol. The van der Waals surface area contributed by atoms with Gasteiger partial charge in [0.05, 0.1) is 23.3 Å². The Balaban J connectivity index is 1.96. The van der Waals surface area contributed by atoms with E-state index in [4.69, 9.17) is 15.3 Å². The molecule has 8 nitrogen and oxygen atoms in total. The fourth-order valence-corrected chi connectivity index (χ4v) is 3.16. The number of allylic oxidation sites excluding steroid dienone is 1. The van der Waals surface area contributed by atoms with Crippen molar-refractivity contribution < 1.29 is 9.84 Å². The van der Waals surface area contributed by atoms with Crippen LogP contribution < -0.4 is 10.6 Å². The van der Waals surface area contributed by atoms with Gasteiger partial charge in [0.25, 0.3) is 0 Å². The summed E-state index contributed by atoms with van der Waals surface area (Å²) in [5.41, 5.74) is 5.28. The highest BCUT2D eigenvalue weighted by Gasteiger charge is 2.17. The summed E-state index contributed by atoms with van der Waals surface area (Å²) >= 11 is 0. The molecular weight excluding hydrogens is 404 g/mol. The van der Waals surface area contributed by atoms with E-state index in [0.29, 0.717) is 22.9 Å². The average molecular weight is 426 g/mol. The van der Waals surface area contributed by atoms with E-state index in [2.05, 4.69) is 26.7 Å². The molecule has 160 valence electrons. The Kier molecular flexibility index (Phi) is 7.14. The Labute approximate surface area is 186 Å². The maximum Gasteiger partial charge on any atom is 0.229 e. The first-order chi connectivity index (χ1) is 15.4. The molecule has 0 aliphatic rings. The zero-order chi connectivity index (χ0) is 23.1. The van der Waals surface area contributed by atoms with Crippen LogP contribution in [0.3, 0.4) is 0 Å². The average Bonchev–Trinajstić information content (AvgIpc) is 2.80. The van der Waals surface area contributed by atoms with Gasteiger partial charge < -0.3 is 20.5 Å². The fraction of sp³-hybridized carbons (Fsp3) is 0.167. The van der Waals surface area contributed by atoms with E-state index < -0.39 is 6.29 Å². The molecule has 3 rings (SSSR count). The third-order valence-electron chi connectivity index (χ3n) is 4.73. The van der Waals surface area contributed by atoms with Crippen LogP contribution in [0.1, 0.15) is 34.1 Å². The fourth-order valence-electron chi connectivity index (χ4n) is 3.16. The Bertz CT molecular complexity index is 1200.